The number of amides is 3. The lowest BCUT2D eigenvalue weighted by Crippen LogP contribution is -2.52. The summed E-state index contributed by atoms with van der Waals surface area (Å²) in [5, 5.41) is 4.82. The topological polar surface area (TPSA) is 75.3 Å². The lowest BCUT2D eigenvalue weighted by molar-refractivity contribution is -0.134. The minimum Gasteiger partial charge on any atom is -0.340 e. The molecule has 0 radical (unpaired) electrons. The molecule has 1 atom stereocenters. The van der Waals surface area contributed by atoms with Gasteiger partial charge in [0, 0.05) is 12.0 Å². The van der Waals surface area contributed by atoms with Crippen molar-refractivity contribution in [3.63, 3.8) is 0 Å². The van der Waals surface area contributed by atoms with E-state index in [9.17, 15) is 14.4 Å². The molecule has 1 unspecified atom stereocenters. The monoisotopic (exact) mass is 306 g/mol. The Morgan fingerprint density at radius 1 is 1.09 bits per heavy atom. The van der Waals surface area contributed by atoms with E-state index < -0.39 is 11.9 Å². The highest BCUT2D eigenvalue weighted by Gasteiger charge is 2.27. The number of benzene rings is 1. The van der Waals surface area contributed by atoms with Crippen LogP contribution in [-0.4, -0.2) is 23.8 Å². The third kappa shape index (κ3) is 6.08. The Balaban J connectivity index is 0.00000102. The van der Waals surface area contributed by atoms with Gasteiger partial charge in [-0.3, -0.25) is 19.7 Å². The number of nitrogens with one attached hydrogen (secondary N) is 2. The fourth-order valence-electron chi connectivity index (χ4n) is 1.78. The molecule has 1 aromatic carbocycles. The second-order valence-corrected chi connectivity index (χ2v) is 4.34. The number of rotatable bonds is 2. The van der Waals surface area contributed by atoms with Gasteiger partial charge in [-0.2, -0.15) is 0 Å². The maximum Gasteiger partial charge on any atom is 0.251 e. The Morgan fingerprint density at radius 3 is 2.14 bits per heavy atom. The number of aryl methyl sites for hydroxylation is 1. The minimum atomic E-state index is -0.628. The first-order valence-electron chi connectivity index (χ1n) is 7.77. The van der Waals surface area contributed by atoms with E-state index in [1.54, 1.807) is 12.1 Å². The molecule has 0 aromatic heterocycles. The van der Waals surface area contributed by atoms with Gasteiger partial charge in [-0.1, -0.05) is 45.4 Å². The van der Waals surface area contributed by atoms with Gasteiger partial charge in [-0.05, 0) is 25.5 Å². The molecule has 1 saturated heterocycles. The molecule has 22 heavy (non-hydrogen) atoms. The molecule has 0 saturated carbocycles. The maximum absolute atomic E-state index is 11.9. The Bertz CT molecular complexity index is 495. The third-order valence-corrected chi connectivity index (χ3v) is 2.86. The van der Waals surface area contributed by atoms with Crippen LogP contribution in [0.5, 0.6) is 0 Å². The van der Waals surface area contributed by atoms with E-state index in [1.807, 2.05) is 46.8 Å². The van der Waals surface area contributed by atoms with Crippen molar-refractivity contribution in [2.24, 2.45) is 0 Å². The highest BCUT2D eigenvalue weighted by molar-refractivity contribution is 6.03. The van der Waals surface area contributed by atoms with Crippen molar-refractivity contribution < 1.29 is 14.4 Å². The first-order valence-corrected chi connectivity index (χ1v) is 7.77. The highest BCUT2D eigenvalue weighted by atomic mass is 16.2. The Labute approximate surface area is 132 Å². The molecule has 5 heteroatoms. The van der Waals surface area contributed by atoms with E-state index >= 15 is 0 Å². The van der Waals surface area contributed by atoms with Crippen LogP contribution in [0, 0.1) is 6.92 Å². The summed E-state index contributed by atoms with van der Waals surface area (Å²) in [4.78, 5) is 34.3. The number of carbonyl (C=O) groups excluding carboxylic acids is 3. The van der Waals surface area contributed by atoms with E-state index in [1.165, 1.54) is 0 Å². The summed E-state index contributed by atoms with van der Waals surface area (Å²) in [6.45, 7) is 9.93. The van der Waals surface area contributed by atoms with Gasteiger partial charge in [0.1, 0.15) is 6.04 Å². The zero-order valence-corrected chi connectivity index (χ0v) is 14.0. The van der Waals surface area contributed by atoms with Crippen LogP contribution >= 0.6 is 0 Å². The number of carbonyl (C=O) groups is 3. The van der Waals surface area contributed by atoms with Crippen LogP contribution in [0.3, 0.4) is 0 Å². The molecule has 1 aliphatic rings. The molecule has 0 bridgehead atoms. The van der Waals surface area contributed by atoms with Crippen LogP contribution in [0.1, 0.15) is 56.5 Å². The van der Waals surface area contributed by atoms with E-state index in [2.05, 4.69) is 10.6 Å². The van der Waals surface area contributed by atoms with Gasteiger partial charge in [0.25, 0.3) is 5.91 Å². The molecule has 3 amide bonds. The van der Waals surface area contributed by atoms with Crippen LogP contribution in [-0.2, 0) is 9.59 Å². The van der Waals surface area contributed by atoms with Gasteiger partial charge in [0.2, 0.25) is 11.8 Å². The van der Waals surface area contributed by atoms with Gasteiger partial charge in [0.15, 0.2) is 0 Å². The average Bonchev–Trinajstić information content (AvgIpc) is 2.54. The van der Waals surface area contributed by atoms with Crippen molar-refractivity contribution in [1.82, 2.24) is 10.6 Å². The molecule has 2 rings (SSSR count). The second kappa shape index (κ2) is 10.5. The molecule has 0 spiro atoms. The maximum atomic E-state index is 11.9. The van der Waals surface area contributed by atoms with Crippen molar-refractivity contribution >= 4 is 17.7 Å². The number of piperidine rings is 1. The lowest BCUT2D eigenvalue weighted by atomic mass is 10.1. The largest absolute Gasteiger partial charge is 0.340 e. The van der Waals surface area contributed by atoms with E-state index in [0.29, 0.717) is 12.0 Å². The fourth-order valence-corrected chi connectivity index (χ4v) is 1.78. The summed E-state index contributed by atoms with van der Waals surface area (Å²) in [5.41, 5.74) is 1.57. The fraction of sp³-hybridized carbons (Fsp3) is 0.471. The van der Waals surface area contributed by atoms with E-state index in [4.69, 9.17) is 0 Å². The summed E-state index contributed by atoms with van der Waals surface area (Å²) in [6.07, 6.45) is 0.604. The zero-order valence-electron chi connectivity index (χ0n) is 14.0. The normalized spacial score (nSPS) is 16.3. The van der Waals surface area contributed by atoms with Crippen molar-refractivity contribution in [2.75, 3.05) is 0 Å². The predicted molar refractivity (Wildman–Crippen MR) is 87.5 cm³/mol. The summed E-state index contributed by atoms with van der Waals surface area (Å²) < 4.78 is 0. The summed E-state index contributed by atoms with van der Waals surface area (Å²) in [5.74, 6) is -1.03. The predicted octanol–water partition coefficient (Wildman–Crippen LogP) is 2.58. The number of hydrogen-bond acceptors (Lipinski definition) is 3. The molecule has 1 heterocycles. The van der Waals surface area contributed by atoms with Crippen LogP contribution < -0.4 is 10.6 Å². The highest BCUT2D eigenvalue weighted by Crippen LogP contribution is 2.07. The summed E-state index contributed by atoms with van der Waals surface area (Å²) in [6, 6.07) is 6.45. The molecule has 1 aromatic rings. The van der Waals surface area contributed by atoms with Crippen molar-refractivity contribution in [3.05, 3.63) is 35.4 Å². The number of hydrogen-bond donors (Lipinski definition) is 2. The molecule has 0 aliphatic carbocycles. The summed E-state index contributed by atoms with van der Waals surface area (Å²) >= 11 is 0. The van der Waals surface area contributed by atoms with Gasteiger partial charge in [-0.25, -0.2) is 0 Å². The van der Waals surface area contributed by atoms with Crippen LogP contribution in [0.15, 0.2) is 24.3 Å². The summed E-state index contributed by atoms with van der Waals surface area (Å²) in [7, 11) is 0. The Kier molecular flexibility index (Phi) is 9.50. The standard InChI is InChI=1S/C13H14N2O3.2C2H6/c1-8-2-4-9(5-3-8)12(17)14-10-6-7-11(16)15-13(10)18;2*1-2/h2-5,10H,6-7H2,1H3,(H,14,17)(H,15,16,18);2*1-2H3. The van der Waals surface area contributed by atoms with Crippen LogP contribution in [0.4, 0.5) is 0 Å². The van der Waals surface area contributed by atoms with Crippen molar-refractivity contribution in [1.29, 1.82) is 0 Å². The Hall–Kier alpha value is -2.17. The number of imide groups is 1. The van der Waals surface area contributed by atoms with Crippen LogP contribution in [0.2, 0.25) is 0 Å². The molecular weight excluding hydrogens is 280 g/mol. The van der Waals surface area contributed by atoms with Crippen LogP contribution in [0.25, 0.3) is 0 Å². The van der Waals surface area contributed by atoms with Gasteiger partial charge < -0.3 is 5.32 Å². The molecule has 1 fully saturated rings. The zero-order chi connectivity index (χ0) is 17.1. The van der Waals surface area contributed by atoms with Crippen molar-refractivity contribution in [3.8, 4) is 0 Å². The third-order valence-electron chi connectivity index (χ3n) is 2.86. The SMILES string of the molecule is CC.CC.Cc1ccc(C(=O)NC2CCC(=O)NC2=O)cc1. The second-order valence-electron chi connectivity index (χ2n) is 4.34. The Morgan fingerprint density at radius 2 is 1.64 bits per heavy atom. The smallest absolute Gasteiger partial charge is 0.251 e. The van der Waals surface area contributed by atoms with E-state index in [-0.39, 0.29) is 18.2 Å². The quantitative estimate of drug-likeness (QED) is 0.825. The molecule has 5 nitrogen and oxygen atoms in total. The molecule has 1 aliphatic heterocycles. The van der Waals surface area contributed by atoms with Gasteiger partial charge in [-0.15, -0.1) is 0 Å². The minimum absolute atomic E-state index is 0.255. The first-order chi connectivity index (χ1) is 10.6. The van der Waals surface area contributed by atoms with Gasteiger partial charge >= 0.3 is 0 Å². The van der Waals surface area contributed by atoms with Gasteiger partial charge in [0.05, 0.1) is 0 Å². The molecular formula is C17H26N2O3. The van der Waals surface area contributed by atoms with E-state index in [0.717, 1.165) is 5.56 Å². The molecule has 2 N–H and O–H groups in total. The average molecular weight is 306 g/mol. The van der Waals surface area contributed by atoms with Crippen molar-refractivity contribution in [2.45, 2.75) is 53.5 Å². The first kappa shape index (κ1) is 19.8. The lowest BCUT2D eigenvalue weighted by Gasteiger charge is -2.21. The molecule has 122 valence electrons.